The van der Waals surface area contributed by atoms with Gasteiger partial charge in [-0.25, -0.2) is 8.42 Å². The second-order valence-electron chi connectivity index (χ2n) is 9.57. The van der Waals surface area contributed by atoms with Crippen LogP contribution in [0.25, 0.3) is 22.8 Å². The van der Waals surface area contributed by atoms with Crippen molar-refractivity contribution in [1.29, 1.82) is 0 Å². The molecule has 0 N–H and O–H groups in total. The largest absolute Gasteiger partial charge is 0.573 e. The second-order valence-corrected chi connectivity index (χ2v) is 11.9. The number of rotatable bonds is 7. The highest BCUT2D eigenvalue weighted by Crippen LogP contribution is 2.27. The molecule has 1 fully saturated rings. The fraction of sp³-hybridized carbons (Fsp3) is 0.296. The van der Waals surface area contributed by atoms with Crippen LogP contribution in [0.2, 0.25) is 0 Å². The molecule has 1 aliphatic heterocycles. The molecule has 13 heteroatoms. The van der Waals surface area contributed by atoms with Crippen molar-refractivity contribution in [3.05, 3.63) is 82.8 Å². The van der Waals surface area contributed by atoms with Crippen LogP contribution >= 0.6 is 0 Å². The van der Waals surface area contributed by atoms with Crippen LogP contribution in [0.15, 0.2) is 76.2 Å². The van der Waals surface area contributed by atoms with Gasteiger partial charge >= 0.3 is 6.36 Å². The lowest BCUT2D eigenvalue weighted by atomic mass is 10.1. The van der Waals surface area contributed by atoms with Crippen molar-refractivity contribution >= 4 is 15.5 Å². The number of anilines is 1. The first-order valence-corrected chi connectivity index (χ1v) is 14.3. The Bertz CT molecular complexity index is 1660. The van der Waals surface area contributed by atoms with Crippen LogP contribution in [-0.2, 0) is 16.4 Å². The number of ether oxygens (including phenoxy) is 1. The van der Waals surface area contributed by atoms with Gasteiger partial charge in [0.15, 0.2) is 0 Å². The molecule has 3 heterocycles. The third-order valence-electron chi connectivity index (χ3n) is 6.68. The van der Waals surface area contributed by atoms with Crippen LogP contribution in [0.3, 0.4) is 0 Å². The van der Waals surface area contributed by atoms with Crippen LogP contribution in [-0.4, -0.2) is 54.1 Å². The summed E-state index contributed by atoms with van der Waals surface area (Å²) in [5.41, 5.74) is 2.53. The number of aromatic nitrogens is 3. The molecular weight excluding hydrogens is 549 g/mol. The molecule has 0 aliphatic carbocycles. The number of halogens is 3. The van der Waals surface area contributed by atoms with Gasteiger partial charge in [-0.05, 0) is 60.9 Å². The van der Waals surface area contributed by atoms with E-state index >= 15 is 0 Å². The fourth-order valence-electron chi connectivity index (χ4n) is 4.64. The summed E-state index contributed by atoms with van der Waals surface area (Å²) in [6, 6.07) is 15.8. The first-order valence-electron chi connectivity index (χ1n) is 12.4. The highest BCUT2D eigenvalue weighted by molar-refractivity contribution is 7.91. The molecule has 1 aliphatic rings. The van der Waals surface area contributed by atoms with Gasteiger partial charge in [0.1, 0.15) is 15.6 Å². The number of pyridine rings is 1. The first kappa shape index (κ1) is 27.4. The number of hydrogen-bond donors (Lipinski definition) is 0. The van der Waals surface area contributed by atoms with E-state index in [1.54, 1.807) is 12.3 Å². The molecular formula is C27H25F3N4O5S. The van der Waals surface area contributed by atoms with Crippen molar-refractivity contribution in [2.24, 2.45) is 0 Å². The Hall–Kier alpha value is -4.13. The number of alkyl halides is 3. The van der Waals surface area contributed by atoms with Crippen LogP contribution in [0.5, 0.6) is 5.75 Å². The summed E-state index contributed by atoms with van der Waals surface area (Å²) >= 11 is 0. The topological polar surface area (TPSA) is 108 Å². The molecule has 0 saturated carbocycles. The highest BCUT2D eigenvalue weighted by Gasteiger charge is 2.31. The van der Waals surface area contributed by atoms with Crippen LogP contribution in [0, 0.1) is 0 Å². The van der Waals surface area contributed by atoms with E-state index in [1.807, 2.05) is 24.3 Å². The van der Waals surface area contributed by atoms with E-state index in [4.69, 9.17) is 4.52 Å². The number of benzene rings is 2. The van der Waals surface area contributed by atoms with E-state index in [1.165, 1.54) is 29.0 Å². The summed E-state index contributed by atoms with van der Waals surface area (Å²) in [5.74, 6) is -0.0602. The Morgan fingerprint density at radius 1 is 1.02 bits per heavy atom. The molecule has 5 rings (SSSR count). The normalized spacial score (nSPS) is 14.8. The summed E-state index contributed by atoms with van der Waals surface area (Å²) in [4.78, 5) is 19.1. The molecule has 4 aromatic rings. The van der Waals surface area contributed by atoms with E-state index < -0.39 is 16.2 Å². The van der Waals surface area contributed by atoms with Crippen molar-refractivity contribution in [1.82, 2.24) is 14.7 Å². The van der Waals surface area contributed by atoms with Gasteiger partial charge in [0.05, 0.1) is 17.4 Å². The minimum atomic E-state index is -4.79. The van der Waals surface area contributed by atoms with Crippen LogP contribution < -0.4 is 15.2 Å². The molecule has 0 radical (unpaired) electrons. The average molecular weight is 575 g/mol. The van der Waals surface area contributed by atoms with Gasteiger partial charge in [-0.2, -0.15) is 4.98 Å². The fourth-order valence-corrected chi connectivity index (χ4v) is 5.70. The van der Waals surface area contributed by atoms with Gasteiger partial charge in [0, 0.05) is 42.9 Å². The van der Waals surface area contributed by atoms with Crippen molar-refractivity contribution in [2.45, 2.75) is 31.0 Å². The molecule has 0 atom stereocenters. The lowest BCUT2D eigenvalue weighted by Crippen LogP contribution is -2.39. The Balaban J connectivity index is 1.30. The molecule has 2 aromatic carbocycles. The maximum absolute atomic E-state index is 12.6. The number of hydrogen-bond acceptors (Lipinski definition) is 8. The zero-order valence-corrected chi connectivity index (χ0v) is 22.2. The number of piperidine rings is 1. The van der Waals surface area contributed by atoms with Gasteiger partial charge < -0.3 is 18.7 Å². The molecule has 9 nitrogen and oxygen atoms in total. The van der Waals surface area contributed by atoms with E-state index in [9.17, 15) is 26.4 Å². The lowest BCUT2D eigenvalue weighted by molar-refractivity contribution is -0.274. The van der Waals surface area contributed by atoms with Crippen molar-refractivity contribution in [3.8, 4) is 28.6 Å². The predicted octanol–water partition coefficient (Wildman–Crippen LogP) is 4.53. The zero-order valence-electron chi connectivity index (χ0n) is 21.3. The van der Waals surface area contributed by atoms with Crippen molar-refractivity contribution in [3.63, 3.8) is 0 Å². The summed E-state index contributed by atoms with van der Waals surface area (Å²) in [6.45, 7) is 1.55. The van der Waals surface area contributed by atoms with Gasteiger partial charge in [-0.3, -0.25) is 4.79 Å². The minimum Gasteiger partial charge on any atom is -0.406 e. The Labute approximate surface area is 227 Å². The summed E-state index contributed by atoms with van der Waals surface area (Å²) in [6.07, 6.45) is -0.764. The predicted molar refractivity (Wildman–Crippen MR) is 142 cm³/mol. The molecule has 40 heavy (non-hydrogen) atoms. The van der Waals surface area contributed by atoms with Gasteiger partial charge in [0.2, 0.25) is 5.82 Å². The second kappa shape index (κ2) is 10.8. The molecule has 0 amide bonds. The summed E-state index contributed by atoms with van der Waals surface area (Å²) in [5, 5.41) is 3.59. The van der Waals surface area contributed by atoms with Gasteiger partial charge in [-0.15, -0.1) is 13.2 Å². The molecule has 210 valence electrons. The SMILES string of the molecule is CS(=O)(=O)C1CCN(c2cccc(Cn3cc(-c4nc(-c5ccc(OC(F)(F)F)cc5)no4)ccc3=O)c2)CC1. The number of nitrogens with zero attached hydrogens (tertiary/aromatic N) is 4. The summed E-state index contributed by atoms with van der Waals surface area (Å²) < 4.78 is 71.7. The minimum absolute atomic E-state index is 0.141. The lowest BCUT2D eigenvalue weighted by Gasteiger charge is -2.33. The van der Waals surface area contributed by atoms with E-state index in [0.717, 1.165) is 23.4 Å². The molecule has 1 saturated heterocycles. The van der Waals surface area contributed by atoms with Gasteiger partial charge in [0.25, 0.3) is 11.4 Å². The molecule has 2 aromatic heterocycles. The van der Waals surface area contributed by atoms with Crippen molar-refractivity contribution < 1.29 is 30.8 Å². The Morgan fingerprint density at radius 2 is 1.73 bits per heavy atom. The first-order chi connectivity index (χ1) is 18.9. The average Bonchev–Trinajstić information content (AvgIpc) is 3.40. The monoisotopic (exact) mass is 574 g/mol. The van der Waals surface area contributed by atoms with E-state index in [0.29, 0.717) is 37.1 Å². The molecule has 0 unspecified atom stereocenters. The van der Waals surface area contributed by atoms with Crippen molar-refractivity contribution in [2.75, 3.05) is 24.2 Å². The van der Waals surface area contributed by atoms with E-state index in [2.05, 4.69) is 19.8 Å². The maximum Gasteiger partial charge on any atom is 0.573 e. The van der Waals surface area contributed by atoms with Gasteiger partial charge in [-0.1, -0.05) is 17.3 Å². The van der Waals surface area contributed by atoms with Crippen LogP contribution in [0.4, 0.5) is 18.9 Å². The van der Waals surface area contributed by atoms with Crippen LogP contribution in [0.1, 0.15) is 18.4 Å². The third-order valence-corrected chi connectivity index (χ3v) is 8.36. The molecule has 0 bridgehead atoms. The molecule has 0 spiro atoms. The third kappa shape index (κ3) is 6.53. The number of sulfone groups is 1. The summed E-state index contributed by atoms with van der Waals surface area (Å²) in [7, 11) is -3.06. The smallest absolute Gasteiger partial charge is 0.406 e. The zero-order chi connectivity index (χ0) is 28.5. The maximum atomic E-state index is 12.6. The van der Waals surface area contributed by atoms with E-state index in [-0.39, 0.29) is 34.8 Å². The highest BCUT2D eigenvalue weighted by atomic mass is 32.2. The standard InChI is InChI=1S/C27H25F3N4O5S/c1-40(36,37)23-11-13-33(14-12-23)21-4-2-3-18(15-21)16-34-17-20(7-10-24(34)35)26-31-25(32-39-26)19-5-8-22(9-6-19)38-27(28,29)30/h2-10,15,17,23H,11-14,16H2,1H3. The quantitative estimate of drug-likeness (QED) is 0.317. The Kier molecular flexibility index (Phi) is 7.41. The Morgan fingerprint density at radius 3 is 2.40 bits per heavy atom.